The summed E-state index contributed by atoms with van der Waals surface area (Å²) in [5.74, 6) is 0.553. The maximum Gasteiger partial charge on any atom is 0.237 e. The number of aliphatic hydroxyl groups excluding tert-OH is 1. The van der Waals surface area contributed by atoms with Crippen LogP contribution >= 0.6 is 0 Å². The van der Waals surface area contributed by atoms with E-state index in [0.29, 0.717) is 5.92 Å². The number of hydrogen-bond donors (Lipinski definition) is 2. The van der Waals surface area contributed by atoms with E-state index in [9.17, 15) is 9.90 Å². The van der Waals surface area contributed by atoms with Crippen LogP contribution in [0.4, 0.5) is 0 Å². The molecule has 0 aromatic carbocycles. The minimum absolute atomic E-state index is 0.0778. The van der Waals surface area contributed by atoms with Crippen molar-refractivity contribution < 1.29 is 9.90 Å². The topological polar surface area (TPSA) is 52.6 Å². The van der Waals surface area contributed by atoms with Crippen molar-refractivity contribution in [3.8, 4) is 0 Å². The summed E-state index contributed by atoms with van der Waals surface area (Å²) in [7, 11) is 0. The van der Waals surface area contributed by atoms with Crippen LogP contribution < -0.4 is 5.32 Å². The summed E-state index contributed by atoms with van der Waals surface area (Å²) in [6.45, 7) is 7.88. The number of carbonyl (C=O) groups is 1. The monoisotopic (exact) mass is 228 g/mol. The normalized spacial score (nSPS) is 23.7. The minimum Gasteiger partial charge on any atom is -0.395 e. The Hall–Kier alpha value is -0.610. The maximum atomic E-state index is 11.9. The van der Waals surface area contributed by atoms with Crippen LogP contribution in [0, 0.1) is 5.92 Å². The average molecular weight is 228 g/mol. The molecular weight excluding hydrogens is 204 g/mol. The first-order valence-electron chi connectivity index (χ1n) is 6.20. The summed E-state index contributed by atoms with van der Waals surface area (Å²) in [6.07, 6.45) is 2.07. The van der Waals surface area contributed by atoms with Crippen LogP contribution in [0.2, 0.25) is 0 Å². The molecule has 0 radical (unpaired) electrons. The molecule has 1 amide bonds. The van der Waals surface area contributed by atoms with Gasteiger partial charge in [0.2, 0.25) is 5.91 Å². The molecule has 2 unspecified atom stereocenters. The third kappa shape index (κ3) is 3.46. The standard InChI is InChI=1S/C12H24N2O2/c1-9(2)7-13-12(16)10(3)14-6-4-5-11(14)8-15/h9-11,15H,4-8H2,1-3H3,(H,13,16). The predicted molar refractivity (Wildman–Crippen MR) is 64.1 cm³/mol. The third-order valence-electron chi connectivity index (χ3n) is 3.19. The summed E-state index contributed by atoms with van der Waals surface area (Å²) >= 11 is 0. The summed E-state index contributed by atoms with van der Waals surface area (Å²) in [6, 6.07) is 0.0400. The molecule has 1 heterocycles. The molecule has 4 nitrogen and oxygen atoms in total. The van der Waals surface area contributed by atoms with Gasteiger partial charge in [-0.2, -0.15) is 0 Å². The molecule has 94 valence electrons. The van der Waals surface area contributed by atoms with Crippen LogP contribution in [-0.2, 0) is 4.79 Å². The Bertz CT molecular complexity index is 231. The first-order chi connectivity index (χ1) is 7.56. The second-order valence-corrected chi connectivity index (χ2v) is 5.03. The summed E-state index contributed by atoms with van der Waals surface area (Å²) in [5.41, 5.74) is 0. The molecule has 0 aromatic rings. The first kappa shape index (κ1) is 13.5. The van der Waals surface area contributed by atoms with E-state index in [-0.39, 0.29) is 24.6 Å². The Morgan fingerprint density at radius 2 is 2.19 bits per heavy atom. The smallest absolute Gasteiger partial charge is 0.237 e. The Kier molecular flexibility index (Phi) is 5.22. The molecule has 1 aliphatic heterocycles. The van der Waals surface area contributed by atoms with Crippen LogP contribution in [0.3, 0.4) is 0 Å². The van der Waals surface area contributed by atoms with Gasteiger partial charge in [-0.3, -0.25) is 9.69 Å². The van der Waals surface area contributed by atoms with E-state index < -0.39 is 0 Å². The summed E-state index contributed by atoms with van der Waals surface area (Å²) in [4.78, 5) is 14.0. The Balaban J connectivity index is 2.43. The zero-order valence-electron chi connectivity index (χ0n) is 10.6. The van der Waals surface area contributed by atoms with E-state index in [1.54, 1.807) is 0 Å². The van der Waals surface area contributed by atoms with Gasteiger partial charge in [0.1, 0.15) is 0 Å². The third-order valence-corrected chi connectivity index (χ3v) is 3.19. The molecule has 0 spiro atoms. The molecule has 16 heavy (non-hydrogen) atoms. The average Bonchev–Trinajstić information content (AvgIpc) is 2.72. The van der Waals surface area contributed by atoms with Crippen molar-refractivity contribution in [2.75, 3.05) is 19.7 Å². The highest BCUT2D eigenvalue weighted by molar-refractivity contribution is 5.81. The van der Waals surface area contributed by atoms with Crippen LogP contribution in [0.25, 0.3) is 0 Å². The van der Waals surface area contributed by atoms with E-state index in [1.165, 1.54) is 0 Å². The lowest BCUT2D eigenvalue weighted by Gasteiger charge is -2.28. The zero-order valence-corrected chi connectivity index (χ0v) is 10.6. The quantitative estimate of drug-likeness (QED) is 0.724. The van der Waals surface area contributed by atoms with Gasteiger partial charge in [-0.15, -0.1) is 0 Å². The second-order valence-electron chi connectivity index (χ2n) is 5.03. The van der Waals surface area contributed by atoms with Gasteiger partial charge >= 0.3 is 0 Å². The molecular formula is C12H24N2O2. The summed E-state index contributed by atoms with van der Waals surface area (Å²) in [5, 5.41) is 12.2. The maximum absolute atomic E-state index is 11.9. The van der Waals surface area contributed by atoms with Crippen LogP contribution in [0.15, 0.2) is 0 Å². The van der Waals surface area contributed by atoms with Crippen LogP contribution in [0.5, 0.6) is 0 Å². The van der Waals surface area contributed by atoms with Gasteiger partial charge in [0.15, 0.2) is 0 Å². The highest BCUT2D eigenvalue weighted by Crippen LogP contribution is 2.19. The number of aliphatic hydroxyl groups is 1. The zero-order chi connectivity index (χ0) is 12.1. The van der Waals surface area contributed by atoms with Gasteiger partial charge in [-0.05, 0) is 32.2 Å². The number of carbonyl (C=O) groups excluding carboxylic acids is 1. The van der Waals surface area contributed by atoms with Crippen molar-refractivity contribution >= 4 is 5.91 Å². The first-order valence-corrected chi connectivity index (χ1v) is 6.20. The van der Waals surface area contributed by atoms with E-state index in [1.807, 2.05) is 6.92 Å². The Morgan fingerprint density at radius 3 is 2.75 bits per heavy atom. The predicted octanol–water partition coefficient (Wildman–Crippen LogP) is 0.604. The van der Waals surface area contributed by atoms with E-state index >= 15 is 0 Å². The van der Waals surface area contributed by atoms with Crippen molar-refractivity contribution in [1.29, 1.82) is 0 Å². The van der Waals surface area contributed by atoms with Crippen molar-refractivity contribution in [1.82, 2.24) is 10.2 Å². The van der Waals surface area contributed by atoms with E-state index in [0.717, 1.165) is 25.9 Å². The summed E-state index contributed by atoms with van der Waals surface area (Å²) < 4.78 is 0. The fourth-order valence-electron chi connectivity index (χ4n) is 2.17. The van der Waals surface area contributed by atoms with Gasteiger partial charge < -0.3 is 10.4 Å². The van der Waals surface area contributed by atoms with Crippen LogP contribution in [0.1, 0.15) is 33.6 Å². The highest BCUT2D eigenvalue weighted by Gasteiger charge is 2.31. The van der Waals surface area contributed by atoms with Crippen molar-refractivity contribution in [2.45, 2.75) is 45.7 Å². The lowest BCUT2D eigenvalue weighted by molar-refractivity contribution is -0.126. The number of hydrogen-bond acceptors (Lipinski definition) is 3. The van der Waals surface area contributed by atoms with Gasteiger partial charge in [0.25, 0.3) is 0 Å². The molecule has 0 aliphatic carbocycles. The van der Waals surface area contributed by atoms with Crippen LogP contribution in [-0.4, -0.2) is 47.7 Å². The Labute approximate surface area is 98.0 Å². The fourth-order valence-corrected chi connectivity index (χ4v) is 2.17. The number of nitrogens with one attached hydrogen (secondary N) is 1. The Morgan fingerprint density at radius 1 is 1.50 bits per heavy atom. The number of nitrogens with zero attached hydrogens (tertiary/aromatic N) is 1. The molecule has 2 N–H and O–H groups in total. The van der Waals surface area contributed by atoms with Gasteiger partial charge in [-0.1, -0.05) is 13.8 Å². The molecule has 0 aromatic heterocycles. The molecule has 4 heteroatoms. The van der Waals surface area contributed by atoms with Gasteiger partial charge in [0.05, 0.1) is 12.6 Å². The lowest BCUT2D eigenvalue weighted by atomic mass is 10.2. The highest BCUT2D eigenvalue weighted by atomic mass is 16.3. The number of amides is 1. The molecule has 1 aliphatic rings. The molecule has 1 fully saturated rings. The minimum atomic E-state index is -0.126. The number of likely N-dealkylation sites (tertiary alicyclic amines) is 1. The molecule has 0 saturated carbocycles. The molecule has 1 saturated heterocycles. The second kappa shape index (κ2) is 6.21. The van der Waals surface area contributed by atoms with Gasteiger partial charge in [-0.25, -0.2) is 0 Å². The van der Waals surface area contributed by atoms with Crippen molar-refractivity contribution in [3.63, 3.8) is 0 Å². The van der Waals surface area contributed by atoms with Gasteiger partial charge in [0, 0.05) is 12.6 Å². The largest absolute Gasteiger partial charge is 0.395 e. The van der Waals surface area contributed by atoms with Crippen molar-refractivity contribution in [2.24, 2.45) is 5.92 Å². The lowest BCUT2D eigenvalue weighted by Crippen LogP contribution is -2.48. The van der Waals surface area contributed by atoms with Crippen molar-refractivity contribution in [3.05, 3.63) is 0 Å². The SMILES string of the molecule is CC(C)CNC(=O)C(C)N1CCCC1CO. The number of rotatable bonds is 5. The van der Waals surface area contributed by atoms with E-state index in [2.05, 4.69) is 24.1 Å². The molecule has 1 rings (SSSR count). The molecule has 2 atom stereocenters. The van der Waals surface area contributed by atoms with E-state index in [4.69, 9.17) is 0 Å². The fraction of sp³-hybridized carbons (Fsp3) is 0.917. The molecule has 0 bridgehead atoms.